The number of aromatic nitrogens is 1. The third-order valence-electron chi connectivity index (χ3n) is 1.81. The fourth-order valence-corrected chi connectivity index (χ4v) is 1.19. The normalized spacial score (nSPS) is 11.8. The first kappa shape index (κ1) is 11.8. The van der Waals surface area contributed by atoms with Crippen molar-refractivity contribution in [2.24, 2.45) is 0 Å². The molecule has 3 nitrogen and oxygen atoms in total. The Morgan fingerprint density at radius 3 is 3.00 bits per heavy atom. The van der Waals surface area contributed by atoms with Crippen LogP contribution < -0.4 is 0 Å². The van der Waals surface area contributed by atoms with Crippen molar-refractivity contribution in [3.8, 4) is 0 Å². The summed E-state index contributed by atoms with van der Waals surface area (Å²) in [6, 6.07) is 5.57. The summed E-state index contributed by atoms with van der Waals surface area (Å²) in [4.78, 5) is 15.2. The van der Waals surface area contributed by atoms with Crippen molar-refractivity contribution in [1.29, 1.82) is 0 Å². The molecule has 4 heteroatoms. The highest BCUT2D eigenvalue weighted by molar-refractivity contribution is 7.79. The van der Waals surface area contributed by atoms with E-state index in [1.54, 1.807) is 13.1 Å². The smallest absolute Gasteiger partial charge is 0.306 e. The van der Waals surface area contributed by atoms with Crippen molar-refractivity contribution >= 4 is 23.6 Å². The molecule has 0 N–H and O–H groups in total. The van der Waals surface area contributed by atoms with Gasteiger partial charge in [-0.25, -0.2) is 0 Å². The summed E-state index contributed by atoms with van der Waals surface area (Å²) in [7, 11) is 0. The van der Waals surface area contributed by atoms with E-state index in [9.17, 15) is 4.79 Å². The second-order valence-corrected chi connectivity index (χ2v) is 3.21. The number of rotatable bonds is 5. The molecule has 1 aromatic heterocycles. The molecule has 0 saturated carbocycles. The molecule has 15 heavy (non-hydrogen) atoms. The predicted octanol–water partition coefficient (Wildman–Crippen LogP) is 1.82. The van der Waals surface area contributed by atoms with Crippen molar-refractivity contribution in [3.63, 3.8) is 0 Å². The summed E-state index contributed by atoms with van der Waals surface area (Å²) in [5.41, 5.74) is 0.837. The van der Waals surface area contributed by atoms with Gasteiger partial charge in [0, 0.05) is 24.7 Å². The number of nitrogens with zero attached hydrogens (tertiary/aromatic N) is 1. The first-order chi connectivity index (χ1) is 7.26. The second kappa shape index (κ2) is 6.24. The fraction of sp³-hybridized carbons (Fsp3) is 0.364. The molecule has 0 aliphatic rings. The molecule has 0 amide bonds. The van der Waals surface area contributed by atoms with E-state index in [0.717, 1.165) is 5.69 Å². The van der Waals surface area contributed by atoms with Crippen molar-refractivity contribution < 1.29 is 9.53 Å². The molecule has 0 fully saturated rings. The minimum atomic E-state index is -0.484. The number of hydrogen-bond acceptors (Lipinski definition) is 4. The molecular formula is C11H12NO2S. The lowest BCUT2D eigenvalue weighted by molar-refractivity contribution is -0.145. The van der Waals surface area contributed by atoms with Gasteiger partial charge in [-0.15, -0.1) is 0 Å². The number of ether oxygens (including phenoxy) is 1. The highest BCUT2D eigenvalue weighted by Gasteiger charge is 2.12. The first-order valence-corrected chi connectivity index (χ1v) is 5.14. The van der Waals surface area contributed by atoms with Gasteiger partial charge in [0.25, 0.3) is 0 Å². The Labute approximate surface area is 94.5 Å². The van der Waals surface area contributed by atoms with Crippen LogP contribution in [0, 0.1) is 0 Å². The SMILES string of the molecule is CCC(=O)OC([C]=S)Cc1ccccn1. The molecular weight excluding hydrogens is 210 g/mol. The predicted molar refractivity (Wildman–Crippen MR) is 60.7 cm³/mol. The van der Waals surface area contributed by atoms with Gasteiger partial charge in [-0.2, -0.15) is 0 Å². The Morgan fingerprint density at radius 2 is 2.47 bits per heavy atom. The zero-order valence-electron chi connectivity index (χ0n) is 8.47. The van der Waals surface area contributed by atoms with Crippen LogP contribution in [0.1, 0.15) is 19.0 Å². The molecule has 0 aromatic carbocycles. The van der Waals surface area contributed by atoms with Crippen LogP contribution in [0.3, 0.4) is 0 Å². The lowest BCUT2D eigenvalue weighted by atomic mass is 10.2. The molecule has 1 aromatic rings. The monoisotopic (exact) mass is 222 g/mol. The molecule has 0 aliphatic heterocycles. The largest absolute Gasteiger partial charge is 0.456 e. The van der Waals surface area contributed by atoms with E-state index in [-0.39, 0.29) is 5.97 Å². The van der Waals surface area contributed by atoms with E-state index in [1.807, 2.05) is 18.2 Å². The minimum Gasteiger partial charge on any atom is -0.456 e. The van der Waals surface area contributed by atoms with Crippen LogP contribution in [0.4, 0.5) is 0 Å². The Bertz CT molecular complexity index is 327. The van der Waals surface area contributed by atoms with Crippen LogP contribution in [0.5, 0.6) is 0 Å². The quantitative estimate of drug-likeness (QED) is 0.563. The fourth-order valence-electron chi connectivity index (χ4n) is 1.06. The minimum absolute atomic E-state index is 0.270. The molecule has 0 spiro atoms. The van der Waals surface area contributed by atoms with Crippen molar-refractivity contribution in [3.05, 3.63) is 30.1 Å². The maximum atomic E-state index is 11.0. The number of pyridine rings is 1. The number of carbonyl (C=O) groups is 1. The molecule has 1 unspecified atom stereocenters. The molecule has 0 bridgehead atoms. The van der Waals surface area contributed by atoms with Gasteiger partial charge in [0.05, 0.1) is 5.37 Å². The average molecular weight is 222 g/mol. The van der Waals surface area contributed by atoms with Gasteiger partial charge >= 0.3 is 5.97 Å². The maximum Gasteiger partial charge on any atom is 0.306 e. The van der Waals surface area contributed by atoms with Crippen LogP contribution >= 0.6 is 12.2 Å². The van der Waals surface area contributed by atoms with E-state index >= 15 is 0 Å². The van der Waals surface area contributed by atoms with Crippen molar-refractivity contribution in [1.82, 2.24) is 4.98 Å². The summed E-state index contributed by atoms with van der Waals surface area (Å²) in [6.07, 6.45) is 2.03. The summed E-state index contributed by atoms with van der Waals surface area (Å²) in [5, 5.41) is 2.52. The zero-order valence-corrected chi connectivity index (χ0v) is 9.29. The van der Waals surface area contributed by atoms with Gasteiger partial charge in [0.2, 0.25) is 0 Å². The van der Waals surface area contributed by atoms with Gasteiger partial charge in [0.1, 0.15) is 6.10 Å². The summed E-state index contributed by atoms with van der Waals surface area (Å²) >= 11 is 4.68. The topological polar surface area (TPSA) is 39.2 Å². The van der Waals surface area contributed by atoms with E-state index < -0.39 is 6.10 Å². The number of thiocarbonyl (C=S) groups is 1. The third kappa shape index (κ3) is 4.16. The van der Waals surface area contributed by atoms with Crippen molar-refractivity contribution in [2.45, 2.75) is 25.9 Å². The van der Waals surface area contributed by atoms with E-state index in [4.69, 9.17) is 4.74 Å². The van der Waals surface area contributed by atoms with Crippen LogP contribution in [0.15, 0.2) is 24.4 Å². The summed E-state index contributed by atoms with van der Waals surface area (Å²) < 4.78 is 5.06. The van der Waals surface area contributed by atoms with Gasteiger partial charge < -0.3 is 4.74 Å². The second-order valence-electron chi connectivity index (χ2n) is 2.98. The zero-order chi connectivity index (χ0) is 11.1. The number of esters is 1. The van der Waals surface area contributed by atoms with Crippen LogP contribution in [-0.4, -0.2) is 22.4 Å². The van der Waals surface area contributed by atoms with Crippen LogP contribution in [0.2, 0.25) is 0 Å². The van der Waals surface area contributed by atoms with E-state index in [1.165, 1.54) is 0 Å². The number of hydrogen-bond donors (Lipinski definition) is 0. The Kier molecular flexibility index (Phi) is 4.90. The molecule has 1 radical (unpaired) electrons. The Morgan fingerprint density at radius 1 is 1.67 bits per heavy atom. The van der Waals surface area contributed by atoms with Crippen LogP contribution in [-0.2, 0) is 16.0 Å². The third-order valence-corrected chi connectivity index (χ3v) is 2.08. The molecule has 0 saturated heterocycles. The van der Waals surface area contributed by atoms with E-state index in [0.29, 0.717) is 12.8 Å². The Balaban J connectivity index is 2.54. The maximum absolute atomic E-state index is 11.0. The lowest BCUT2D eigenvalue weighted by Gasteiger charge is -2.11. The molecule has 79 valence electrons. The van der Waals surface area contributed by atoms with Crippen LogP contribution in [0.25, 0.3) is 0 Å². The highest BCUT2D eigenvalue weighted by atomic mass is 32.1. The summed E-state index contributed by atoms with van der Waals surface area (Å²) in [6.45, 7) is 1.74. The molecule has 1 atom stereocenters. The van der Waals surface area contributed by atoms with Gasteiger partial charge in [-0.1, -0.05) is 25.2 Å². The van der Waals surface area contributed by atoms with Gasteiger partial charge in [-0.3, -0.25) is 9.78 Å². The van der Waals surface area contributed by atoms with Gasteiger partial charge in [-0.05, 0) is 12.1 Å². The average Bonchev–Trinajstić information content (AvgIpc) is 2.29. The van der Waals surface area contributed by atoms with Gasteiger partial charge in [0.15, 0.2) is 0 Å². The number of carbonyl (C=O) groups excluding carboxylic acids is 1. The summed E-state index contributed by atoms with van der Waals surface area (Å²) in [5.74, 6) is -0.270. The van der Waals surface area contributed by atoms with E-state index in [2.05, 4.69) is 22.6 Å². The highest BCUT2D eigenvalue weighted by Crippen LogP contribution is 2.03. The standard InChI is InChI=1S/C11H12NO2S/c1-2-11(13)14-10(8-15)7-9-5-3-4-6-12-9/h3-6,10H,2,7H2,1H3. The molecule has 0 aliphatic carbocycles. The molecule has 1 rings (SSSR count). The molecule has 1 heterocycles. The Hall–Kier alpha value is -1.29. The first-order valence-electron chi connectivity index (χ1n) is 4.73. The lowest BCUT2D eigenvalue weighted by Crippen LogP contribution is -2.21. The van der Waals surface area contributed by atoms with Crippen molar-refractivity contribution in [2.75, 3.05) is 0 Å².